The monoisotopic (exact) mass is 358 g/mol. The lowest BCUT2D eigenvalue weighted by Gasteiger charge is -2.34. The van der Waals surface area contributed by atoms with Crippen molar-refractivity contribution in [3.05, 3.63) is 53.8 Å². The molecule has 0 bridgehead atoms. The first-order valence-electron chi connectivity index (χ1n) is 8.63. The smallest absolute Gasteiger partial charge is 0.251 e. The Morgan fingerprint density at radius 1 is 1.08 bits per heavy atom. The molecule has 1 N–H and O–H groups in total. The number of nitrogens with zero attached hydrogens (tertiary/aromatic N) is 1. The number of carbonyl (C=O) groups excluding carboxylic acids is 1. The molecule has 2 aromatic rings. The number of rotatable bonds is 5. The summed E-state index contributed by atoms with van der Waals surface area (Å²) in [5.74, 6) is 0.780. The van der Waals surface area contributed by atoms with E-state index < -0.39 is 0 Å². The third kappa shape index (κ3) is 4.25. The highest BCUT2D eigenvalue weighted by molar-refractivity contribution is 5.95. The Morgan fingerprint density at radius 3 is 2.31 bits per heavy atom. The summed E-state index contributed by atoms with van der Waals surface area (Å²) in [5, 5.41) is 3.07. The molecule has 6 heteroatoms. The van der Waals surface area contributed by atoms with Gasteiger partial charge in [-0.1, -0.05) is 6.07 Å². The van der Waals surface area contributed by atoms with Crippen molar-refractivity contribution in [3.8, 4) is 11.5 Å². The minimum Gasteiger partial charge on any atom is -0.497 e. The quantitative estimate of drug-likeness (QED) is 0.892. The first kappa shape index (κ1) is 18.0. The highest BCUT2D eigenvalue weighted by atomic mass is 19.1. The van der Waals surface area contributed by atoms with Crippen LogP contribution in [0.2, 0.25) is 0 Å². The topological polar surface area (TPSA) is 50.8 Å². The standard InChI is InChI=1S/C20H23FN2O3/c1-25-18-10-14(11-19(13-18)26-2)20(24)22-16-6-8-23(9-7-16)17-5-3-4-15(21)12-17/h3-5,10-13,16H,6-9H2,1-2H3,(H,22,24). The van der Waals surface area contributed by atoms with Crippen molar-refractivity contribution < 1.29 is 18.7 Å². The molecule has 26 heavy (non-hydrogen) atoms. The highest BCUT2D eigenvalue weighted by Gasteiger charge is 2.22. The average molecular weight is 358 g/mol. The highest BCUT2D eigenvalue weighted by Crippen LogP contribution is 2.24. The molecule has 0 unspecified atom stereocenters. The van der Waals surface area contributed by atoms with Gasteiger partial charge in [0, 0.05) is 36.4 Å². The Morgan fingerprint density at radius 2 is 1.73 bits per heavy atom. The number of methoxy groups -OCH3 is 2. The molecule has 1 aliphatic heterocycles. The van der Waals surface area contributed by atoms with Gasteiger partial charge in [-0.2, -0.15) is 0 Å². The summed E-state index contributed by atoms with van der Waals surface area (Å²) in [7, 11) is 3.11. The number of nitrogens with one attached hydrogen (secondary N) is 1. The second kappa shape index (κ2) is 8.08. The summed E-state index contributed by atoms with van der Waals surface area (Å²) in [6.45, 7) is 1.55. The normalized spacial score (nSPS) is 14.8. The molecular weight excluding hydrogens is 335 g/mol. The van der Waals surface area contributed by atoms with Crippen LogP contribution in [0.4, 0.5) is 10.1 Å². The first-order chi connectivity index (χ1) is 12.6. The van der Waals surface area contributed by atoms with E-state index in [9.17, 15) is 9.18 Å². The lowest BCUT2D eigenvalue weighted by atomic mass is 10.0. The van der Waals surface area contributed by atoms with E-state index in [1.165, 1.54) is 6.07 Å². The number of carbonyl (C=O) groups is 1. The number of halogens is 1. The van der Waals surface area contributed by atoms with E-state index in [-0.39, 0.29) is 17.8 Å². The second-order valence-electron chi connectivity index (χ2n) is 6.32. The van der Waals surface area contributed by atoms with Crippen LogP contribution in [0.15, 0.2) is 42.5 Å². The van der Waals surface area contributed by atoms with E-state index in [1.54, 1.807) is 44.6 Å². The number of ether oxygens (including phenoxy) is 2. The van der Waals surface area contributed by atoms with Gasteiger partial charge in [0.1, 0.15) is 17.3 Å². The number of amides is 1. The van der Waals surface area contributed by atoms with E-state index in [1.807, 2.05) is 6.07 Å². The molecule has 1 fully saturated rings. The molecule has 0 radical (unpaired) electrons. The van der Waals surface area contributed by atoms with Crippen molar-refractivity contribution in [3.63, 3.8) is 0 Å². The molecule has 0 spiro atoms. The maximum Gasteiger partial charge on any atom is 0.251 e. The zero-order valence-corrected chi connectivity index (χ0v) is 15.0. The van der Waals surface area contributed by atoms with Crippen molar-refractivity contribution in [2.75, 3.05) is 32.2 Å². The number of hydrogen-bond acceptors (Lipinski definition) is 4. The minimum absolute atomic E-state index is 0.0875. The van der Waals surface area contributed by atoms with Crippen LogP contribution in [0, 0.1) is 5.82 Å². The molecule has 1 heterocycles. The van der Waals surface area contributed by atoms with Crippen LogP contribution >= 0.6 is 0 Å². The third-order valence-corrected chi connectivity index (χ3v) is 4.62. The van der Waals surface area contributed by atoms with Crippen molar-refractivity contribution in [2.24, 2.45) is 0 Å². The Kier molecular flexibility index (Phi) is 5.61. The first-order valence-corrected chi connectivity index (χ1v) is 8.63. The Hall–Kier alpha value is -2.76. The fourth-order valence-corrected chi connectivity index (χ4v) is 3.16. The molecule has 0 saturated carbocycles. The molecular formula is C20H23FN2O3. The van der Waals surface area contributed by atoms with Gasteiger partial charge in [-0.3, -0.25) is 4.79 Å². The Labute approximate surface area is 152 Å². The van der Waals surface area contributed by atoms with Crippen LogP contribution in [0.5, 0.6) is 11.5 Å². The van der Waals surface area contributed by atoms with E-state index in [4.69, 9.17) is 9.47 Å². The minimum atomic E-state index is -0.232. The molecule has 0 aromatic heterocycles. The predicted octanol–water partition coefficient (Wildman–Crippen LogP) is 3.24. The maximum atomic E-state index is 13.4. The van der Waals surface area contributed by atoms with Gasteiger partial charge < -0.3 is 19.7 Å². The van der Waals surface area contributed by atoms with Gasteiger partial charge in [-0.25, -0.2) is 4.39 Å². The van der Waals surface area contributed by atoms with Crippen LogP contribution in [0.25, 0.3) is 0 Å². The lowest BCUT2D eigenvalue weighted by Crippen LogP contribution is -2.44. The number of anilines is 1. The van der Waals surface area contributed by atoms with Crippen LogP contribution in [0.3, 0.4) is 0 Å². The summed E-state index contributed by atoms with van der Waals surface area (Å²) in [6, 6.07) is 11.8. The Balaban J connectivity index is 1.60. The summed E-state index contributed by atoms with van der Waals surface area (Å²) in [5.41, 5.74) is 1.39. The zero-order chi connectivity index (χ0) is 18.5. The van der Waals surface area contributed by atoms with Crippen molar-refractivity contribution >= 4 is 11.6 Å². The summed E-state index contributed by atoms with van der Waals surface area (Å²) >= 11 is 0. The van der Waals surface area contributed by atoms with Crippen molar-refractivity contribution in [2.45, 2.75) is 18.9 Å². The van der Waals surface area contributed by atoms with Gasteiger partial charge in [-0.05, 0) is 43.2 Å². The number of hydrogen-bond donors (Lipinski definition) is 1. The molecule has 3 rings (SSSR count). The van der Waals surface area contributed by atoms with Gasteiger partial charge in [-0.15, -0.1) is 0 Å². The van der Waals surface area contributed by atoms with Crippen molar-refractivity contribution in [1.82, 2.24) is 5.32 Å². The summed E-state index contributed by atoms with van der Waals surface area (Å²) in [4.78, 5) is 14.7. The fraction of sp³-hybridized carbons (Fsp3) is 0.350. The van der Waals surface area contributed by atoms with Crippen LogP contribution in [-0.4, -0.2) is 39.3 Å². The molecule has 1 amide bonds. The zero-order valence-electron chi connectivity index (χ0n) is 15.0. The molecule has 0 aliphatic carbocycles. The number of piperidine rings is 1. The van der Waals surface area contributed by atoms with Gasteiger partial charge in [0.05, 0.1) is 14.2 Å². The van der Waals surface area contributed by atoms with Gasteiger partial charge in [0.15, 0.2) is 0 Å². The van der Waals surface area contributed by atoms with E-state index >= 15 is 0 Å². The van der Waals surface area contributed by atoms with Crippen LogP contribution in [0.1, 0.15) is 23.2 Å². The molecule has 138 valence electrons. The summed E-state index contributed by atoms with van der Waals surface area (Å²) in [6.07, 6.45) is 1.62. The molecule has 1 aliphatic rings. The van der Waals surface area contributed by atoms with Gasteiger partial charge in [0.25, 0.3) is 5.91 Å². The van der Waals surface area contributed by atoms with E-state index in [0.29, 0.717) is 17.1 Å². The SMILES string of the molecule is COc1cc(OC)cc(C(=O)NC2CCN(c3cccc(F)c3)CC2)c1. The summed E-state index contributed by atoms with van der Waals surface area (Å²) < 4.78 is 23.8. The third-order valence-electron chi connectivity index (χ3n) is 4.62. The maximum absolute atomic E-state index is 13.4. The molecule has 5 nitrogen and oxygen atoms in total. The van der Waals surface area contributed by atoms with Gasteiger partial charge in [0.2, 0.25) is 0 Å². The number of benzene rings is 2. The van der Waals surface area contributed by atoms with Crippen LogP contribution < -0.4 is 19.7 Å². The van der Waals surface area contributed by atoms with Gasteiger partial charge >= 0.3 is 0 Å². The van der Waals surface area contributed by atoms with E-state index in [0.717, 1.165) is 31.6 Å². The largest absolute Gasteiger partial charge is 0.497 e. The van der Waals surface area contributed by atoms with E-state index in [2.05, 4.69) is 10.2 Å². The van der Waals surface area contributed by atoms with Crippen LogP contribution in [-0.2, 0) is 0 Å². The predicted molar refractivity (Wildman–Crippen MR) is 98.6 cm³/mol. The fourth-order valence-electron chi connectivity index (χ4n) is 3.16. The lowest BCUT2D eigenvalue weighted by molar-refractivity contribution is 0.0930. The average Bonchev–Trinajstić information content (AvgIpc) is 2.68. The molecule has 2 aromatic carbocycles. The molecule has 0 atom stereocenters. The Bertz CT molecular complexity index is 751. The van der Waals surface area contributed by atoms with Crippen molar-refractivity contribution in [1.29, 1.82) is 0 Å². The molecule has 1 saturated heterocycles. The second-order valence-corrected chi connectivity index (χ2v) is 6.32.